The minimum atomic E-state index is -1.05. The standard InChI is InChI=1S/C19H18N2O6/c1-12(13-6-8-14(9-7-13)25-11-18(22)23)20-21-19(24)17-10-26-15-4-2-3-5-16(15)27-17/h2-9,17H,10-11H2,1H3,(H,21,24)(H,22,23)/b20-12-/t17-/m1/s1. The molecule has 1 amide bonds. The van der Waals surface area contributed by atoms with Crippen molar-refractivity contribution in [3.05, 3.63) is 54.1 Å². The van der Waals surface area contributed by atoms with Crippen molar-refractivity contribution in [3.8, 4) is 17.2 Å². The summed E-state index contributed by atoms with van der Waals surface area (Å²) in [6.45, 7) is 1.43. The molecule has 2 aromatic carbocycles. The average molecular weight is 370 g/mol. The summed E-state index contributed by atoms with van der Waals surface area (Å²) in [4.78, 5) is 22.7. The fourth-order valence-corrected chi connectivity index (χ4v) is 2.36. The van der Waals surface area contributed by atoms with Crippen LogP contribution in [-0.2, 0) is 9.59 Å². The summed E-state index contributed by atoms with van der Waals surface area (Å²) < 4.78 is 16.2. The zero-order chi connectivity index (χ0) is 19.2. The number of carboxylic acids is 1. The molecule has 0 fully saturated rings. The van der Waals surface area contributed by atoms with Gasteiger partial charge in [-0.05, 0) is 48.9 Å². The molecule has 0 spiro atoms. The van der Waals surface area contributed by atoms with Crippen molar-refractivity contribution in [2.75, 3.05) is 13.2 Å². The summed E-state index contributed by atoms with van der Waals surface area (Å²) in [6.07, 6.45) is -0.789. The number of hydrogen-bond acceptors (Lipinski definition) is 6. The summed E-state index contributed by atoms with van der Waals surface area (Å²) in [5, 5.41) is 12.7. The fourth-order valence-electron chi connectivity index (χ4n) is 2.36. The molecule has 8 heteroatoms. The SMILES string of the molecule is C/C(=N/NC(=O)[C@H]1COc2ccccc2O1)c1ccc(OCC(=O)O)cc1. The molecule has 0 unspecified atom stereocenters. The molecule has 0 saturated heterocycles. The number of amides is 1. The highest BCUT2D eigenvalue weighted by molar-refractivity contribution is 5.99. The van der Waals surface area contributed by atoms with E-state index >= 15 is 0 Å². The lowest BCUT2D eigenvalue weighted by molar-refractivity contribution is -0.139. The van der Waals surface area contributed by atoms with Crippen LogP contribution < -0.4 is 19.6 Å². The number of aliphatic carboxylic acids is 1. The molecule has 1 aliphatic rings. The Morgan fingerprint density at radius 1 is 1.19 bits per heavy atom. The van der Waals surface area contributed by atoms with Gasteiger partial charge in [-0.1, -0.05) is 12.1 Å². The molecule has 0 bridgehead atoms. The van der Waals surface area contributed by atoms with Crippen LogP contribution in [0.4, 0.5) is 0 Å². The van der Waals surface area contributed by atoms with Gasteiger partial charge in [0, 0.05) is 0 Å². The van der Waals surface area contributed by atoms with E-state index in [0.29, 0.717) is 23.0 Å². The molecule has 8 nitrogen and oxygen atoms in total. The minimum Gasteiger partial charge on any atom is -0.485 e. The summed E-state index contributed by atoms with van der Waals surface area (Å²) >= 11 is 0. The maximum atomic E-state index is 12.2. The van der Waals surface area contributed by atoms with Gasteiger partial charge < -0.3 is 19.3 Å². The van der Waals surface area contributed by atoms with Crippen molar-refractivity contribution < 1.29 is 28.9 Å². The summed E-state index contributed by atoms with van der Waals surface area (Å²) in [6, 6.07) is 13.8. The number of carboxylic acid groups (broad SMARTS) is 1. The van der Waals surface area contributed by atoms with Crippen LogP contribution in [0.2, 0.25) is 0 Å². The Bertz CT molecular complexity index is 863. The van der Waals surface area contributed by atoms with Crippen molar-refractivity contribution in [3.63, 3.8) is 0 Å². The number of hydrazone groups is 1. The topological polar surface area (TPSA) is 106 Å². The highest BCUT2D eigenvalue weighted by atomic mass is 16.6. The second kappa shape index (κ2) is 8.22. The Labute approximate surface area is 155 Å². The van der Waals surface area contributed by atoms with E-state index in [9.17, 15) is 9.59 Å². The molecule has 0 saturated carbocycles. The zero-order valence-corrected chi connectivity index (χ0v) is 14.5. The number of rotatable bonds is 6. The highest BCUT2D eigenvalue weighted by Gasteiger charge is 2.27. The number of fused-ring (bicyclic) bond motifs is 1. The minimum absolute atomic E-state index is 0.104. The molecule has 0 aromatic heterocycles. The second-order valence-electron chi connectivity index (χ2n) is 5.74. The normalized spacial score (nSPS) is 15.7. The third kappa shape index (κ3) is 4.75. The third-order valence-corrected chi connectivity index (χ3v) is 3.77. The Kier molecular flexibility index (Phi) is 5.55. The van der Waals surface area contributed by atoms with Gasteiger partial charge in [-0.3, -0.25) is 4.79 Å². The van der Waals surface area contributed by atoms with Gasteiger partial charge in [0.25, 0.3) is 5.91 Å². The zero-order valence-electron chi connectivity index (χ0n) is 14.5. The summed E-state index contributed by atoms with van der Waals surface area (Å²) in [5.74, 6) is 0.0960. The molecule has 27 heavy (non-hydrogen) atoms. The van der Waals surface area contributed by atoms with Crippen LogP contribution in [0.25, 0.3) is 0 Å². The molecule has 140 valence electrons. The molecule has 1 aliphatic heterocycles. The number of carbonyl (C=O) groups is 2. The first-order valence-electron chi connectivity index (χ1n) is 8.20. The number of nitrogens with zero attached hydrogens (tertiary/aromatic N) is 1. The van der Waals surface area contributed by atoms with Crippen LogP contribution in [0.5, 0.6) is 17.2 Å². The number of nitrogens with one attached hydrogen (secondary N) is 1. The van der Waals surface area contributed by atoms with E-state index in [2.05, 4.69) is 10.5 Å². The van der Waals surface area contributed by atoms with Gasteiger partial charge in [-0.2, -0.15) is 5.10 Å². The Morgan fingerprint density at radius 3 is 2.59 bits per heavy atom. The Balaban J connectivity index is 1.57. The van der Waals surface area contributed by atoms with Crippen molar-refractivity contribution >= 4 is 17.6 Å². The molecular formula is C19H18N2O6. The monoisotopic (exact) mass is 370 g/mol. The smallest absolute Gasteiger partial charge is 0.341 e. The molecule has 0 radical (unpaired) electrons. The predicted octanol–water partition coefficient (Wildman–Crippen LogP) is 1.83. The van der Waals surface area contributed by atoms with Gasteiger partial charge in [0.15, 0.2) is 18.1 Å². The van der Waals surface area contributed by atoms with Gasteiger partial charge in [0.05, 0.1) is 5.71 Å². The lowest BCUT2D eigenvalue weighted by atomic mass is 10.1. The fraction of sp³-hybridized carbons (Fsp3) is 0.211. The van der Waals surface area contributed by atoms with Gasteiger partial charge >= 0.3 is 5.97 Å². The number of ether oxygens (including phenoxy) is 3. The first-order chi connectivity index (χ1) is 13.0. The lowest BCUT2D eigenvalue weighted by Crippen LogP contribution is -2.42. The quantitative estimate of drug-likeness (QED) is 0.594. The molecule has 1 atom stereocenters. The molecule has 1 heterocycles. The van der Waals surface area contributed by atoms with E-state index < -0.39 is 24.6 Å². The first-order valence-corrected chi connectivity index (χ1v) is 8.20. The number of benzene rings is 2. The second-order valence-corrected chi connectivity index (χ2v) is 5.74. The predicted molar refractivity (Wildman–Crippen MR) is 96.3 cm³/mol. The van der Waals surface area contributed by atoms with Crippen molar-refractivity contribution in [1.82, 2.24) is 5.43 Å². The molecular weight excluding hydrogens is 352 g/mol. The van der Waals surface area contributed by atoms with Gasteiger partial charge in [0.2, 0.25) is 6.10 Å². The average Bonchev–Trinajstić information content (AvgIpc) is 2.70. The van der Waals surface area contributed by atoms with Gasteiger partial charge in [-0.25, -0.2) is 10.2 Å². The number of carbonyl (C=O) groups excluding carboxylic acids is 1. The largest absolute Gasteiger partial charge is 0.485 e. The third-order valence-electron chi connectivity index (χ3n) is 3.77. The summed E-state index contributed by atoms with van der Waals surface area (Å²) in [7, 11) is 0. The van der Waals surface area contributed by atoms with Crippen LogP contribution in [0.3, 0.4) is 0 Å². The van der Waals surface area contributed by atoms with Crippen molar-refractivity contribution in [2.24, 2.45) is 5.10 Å². The van der Waals surface area contributed by atoms with Gasteiger partial charge in [0.1, 0.15) is 12.4 Å². The van der Waals surface area contributed by atoms with Crippen LogP contribution in [0.15, 0.2) is 53.6 Å². The van der Waals surface area contributed by atoms with E-state index in [-0.39, 0.29) is 6.61 Å². The molecule has 3 rings (SSSR count). The maximum Gasteiger partial charge on any atom is 0.341 e. The van der Waals surface area contributed by atoms with E-state index in [1.165, 1.54) is 0 Å². The van der Waals surface area contributed by atoms with Crippen molar-refractivity contribution in [1.29, 1.82) is 0 Å². The van der Waals surface area contributed by atoms with Crippen LogP contribution in [0.1, 0.15) is 12.5 Å². The summed E-state index contributed by atoms with van der Waals surface area (Å²) in [5.41, 5.74) is 3.80. The highest BCUT2D eigenvalue weighted by Crippen LogP contribution is 2.30. The van der Waals surface area contributed by atoms with Crippen LogP contribution in [0, 0.1) is 0 Å². The van der Waals surface area contributed by atoms with E-state index in [1.807, 2.05) is 6.07 Å². The molecule has 2 aromatic rings. The Morgan fingerprint density at radius 2 is 1.89 bits per heavy atom. The van der Waals surface area contributed by atoms with Crippen molar-refractivity contribution in [2.45, 2.75) is 13.0 Å². The lowest BCUT2D eigenvalue weighted by Gasteiger charge is -2.24. The number of para-hydroxylation sites is 2. The van der Waals surface area contributed by atoms with Gasteiger partial charge in [-0.15, -0.1) is 0 Å². The maximum absolute atomic E-state index is 12.2. The number of hydrogen-bond donors (Lipinski definition) is 2. The Hall–Kier alpha value is -3.55. The molecule has 2 N–H and O–H groups in total. The van der Waals surface area contributed by atoms with Crippen LogP contribution in [-0.4, -0.2) is 42.0 Å². The van der Waals surface area contributed by atoms with Crippen LogP contribution >= 0.6 is 0 Å². The van der Waals surface area contributed by atoms with E-state index in [4.69, 9.17) is 19.3 Å². The van der Waals surface area contributed by atoms with E-state index in [0.717, 1.165) is 5.56 Å². The molecule has 0 aliphatic carbocycles. The first kappa shape index (κ1) is 18.2. The van der Waals surface area contributed by atoms with E-state index in [1.54, 1.807) is 49.4 Å².